The number of aromatic nitrogens is 2. The quantitative estimate of drug-likeness (QED) is 0.908. The van der Waals surface area contributed by atoms with Gasteiger partial charge < -0.3 is 14.8 Å². The Hall–Kier alpha value is -2.63. The van der Waals surface area contributed by atoms with Crippen LogP contribution in [-0.4, -0.2) is 39.4 Å². The number of carbonyl (C=O) groups is 2. The van der Waals surface area contributed by atoms with Gasteiger partial charge in [0.15, 0.2) is 0 Å². The van der Waals surface area contributed by atoms with E-state index in [9.17, 15) is 9.59 Å². The molecule has 0 radical (unpaired) electrons. The molecule has 1 N–H and O–H groups in total. The molecule has 2 aromatic rings. The van der Waals surface area contributed by atoms with Crippen LogP contribution in [0.2, 0.25) is 0 Å². The van der Waals surface area contributed by atoms with E-state index in [-0.39, 0.29) is 18.4 Å². The van der Waals surface area contributed by atoms with Gasteiger partial charge in [-0.25, -0.2) is 4.98 Å². The third kappa shape index (κ3) is 4.68. The van der Waals surface area contributed by atoms with Crippen LogP contribution >= 0.6 is 0 Å². The highest BCUT2D eigenvalue weighted by atomic mass is 16.2. The molecular formula is C19H24N4O2. The minimum Gasteiger partial charge on any atom is -0.347 e. The molecule has 1 aromatic heterocycles. The lowest BCUT2D eigenvalue weighted by atomic mass is 10.1. The predicted molar refractivity (Wildman–Crippen MR) is 95.1 cm³/mol. The summed E-state index contributed by atoms with van der Waals surface area (Å²) in [5.41, 5.74) is 1.00. The van der Waals surface area contributed by atoms with Gasteiger partial charge in [0.2, 0.25) is 11.8 Å². The first-order valence-corrected chi connectivity index (χ1v) is 8.86. The fourth-order valence-electron chi connectivity index (χ4n) is 3.08. The van der Waals surface area contributed by atoms with Crippen LogP contribution in [0.5, 0.6) is 0 Å². The molecule has 3 rings (SSSR count). The summed E-state index contributed by atoms with van der Waals surface area (Å²) >= 11 is 0. The summed E-state index contributed by atoms with van der Waals surface area (Å²) in [6.45, 7) is 1.14. The molecule has 132 valence electrons. The summed E-state index contributed by atoms with van der Waals surface area (Å²) in [5, 5.41) is 2.88. The van der Waals surface area contributed by atoms with Crippen molar-refractivity contribution in [3.05, 3.63) is 48.5 Å². The standard InChI is InChI=1S/C19H24N4O2/c24-18(15-22-12-7-2-1-6-10-19(22)25)21-14-17-20-11-13-23(17)16-8-4-3-5-9-16/h3-5,8-9,11,13H,1-2,6-7,10,12,14-15H2,(H,21,24). The summed E-state index contributed by atoms with van der Waals surface area (Å²) in [7, 11) is 0. The molecule has 0 spiro atoms. The van der Waals surface area contributed by atoms with Crippen molar-refractivity contribution in [3.8, 4) is 5.69 Å². The van der Waals surface area contributed by atoms with E-state index in [1.54, 1.807) is 11.1 Å². The van der Waals surface area contributed by atoms with Gasteiger partial charge in [-0.15, -0.1) is 0 Å². The topological polar surface area (TPSA) is 67.2 Å². The number of nitrogens with zero attached hydrogens (tertiary/aromatic N) is 3. The average molecular weight is 340 g/mol. The molecule has 0 saturated carbocycles. The first-order valence-electron chi connectivity index (χ1n) is 8.86. The van der Waals surface area contributed by atoms with Crippen LogP contribution in [0.25, 0.3) is 5.69 Å². The van der Waals surface area contributed by atoms with E-state index in [0.29, 0.717) is 19.5 Å². The predicted octanol–water partition coefficient (Wildman–Crippen LogP) is 2.28. The Morgan fingerprint density at radius 3 is 2.76 bits per heavy atom. The Labute approximate surface area is 147 Å². The third-order valence-electron chi connectivity index (χ3n) is 4.45. The zero-order valence-electron chi connectivity index (χ0n) is 14.4. The average Bonchev–Trinajstić information content (AvgIpc) is 3.09. The maximum absolute atomic E-state index is 12.3. The molecular weight excluding hydrogens is 316 g/mol. The van der Waals surface area contributed by atoms with E-state index >= 15 is 0 Å². The van der Waals surface area contributed by atoms with Crippen LogP contribution in [0, 0.1) is 0 Å². The number of carbonyl (C=O) groups excluding carboxylic acids is 2. The maximum atomic E-state index is 12.3. The molecule has 1 aliphatic rings. The van der Waals surface area contributed by atoms with Crippen molar-refractivity contribution >= 4 is 11.8 Å². The highest BCUT2D eigenvalue weighted by Gasteiger charge is 2.18. The normalized spacial score (nSPS) is 15.5. The maximum Gasteiger partial charge on any atom is 0.239 e. The number of imidazole rings is 1. The van der Waals surface area contributed by atoms with Gasteiger partial charge >= 0.3 is 0 Å². The number of likely N-dealkylation sites (tertiary alicyclic amines) is 1. The second kappa shape index (κ2) is 8.46. The second-order valence-electron chi connectivity index (χ2n) is 6.31. The fraction of sp³-hybridized carbons (Fsp3) is 0.421. The van der Waals surface area contributed by atoms with E-state index in [4.69, 9.17) is 0 Å². The highest BCUT2D eigenvalue weighted by Crippen LogP contribution is 2.12. The number of para-hydroxylation sites is 1. The first-order chi connectivity index (χ1) is 12.2. The van der Waals surface area contributed by atoms with Gasteiger partial charge in [0.05, 0.1) is 13.1 Å². The Bertz CT molecular complexity index is 711. The van der Waals surface area contributed by atoms with Gasteiger partial charge in [0, 0.05) is 31.0 Å². The summed E-state index contributed by atoms with van der Waals surface area (Å²) in [5.74, 6) is 0.704. The molecule has 2 amide bonds. The smallest absolute Gasteiger partial charge is 0.239 e. The van der Waals surface area contributed by atoms with Crippen molar-refractivity contribution in [1.82, 2.24) is 19.8 Å². The molecule has 6 heteroatoms. The number of benzene rings is 1. The van der Waals surface area contributed by atoms with Crippen LogP contribution in [0.3, 0.4) is 0 Å². The van der Waals surface area contributed by atoms with Crippen LogP contribution in [0.4, 0.5) is 0 Å². The zero-order valence-corrected chi connectivity index (χ0v) is 14.4. The summed E-state index contributed by atoms with van der Waals surface area (Å²) in [6, 6.07) is 9.87. The summed E-state index contributed by atoms with van der Waals surface area (Å²) < 4.78 is 1.95. The molecule has 6 nitrogen and oxygen atoms in total. The van der Waals surface area contributed by atoms with Gasteiger partial charge in [-0.05, 0) is 25.0 Å². The molecule has 0 atom stereocenters. The van der Waals surface area contributed by atoms with E-state index < -0.39 is 0 Å². The zero-order chi connectivity index (χ0) is 17.5. The van der Waals surface area contributed by atoms with Gasteiger partial charge in [-0.2, -0.15) is 0 Å². The molecule has 1 aromatic carbocycles. The van der Waals surface area contributed by atoms with Crippen molar-refractivity contribution in [2.75, 3.05) is 13.1 Å². The Balaban J connectivity index is 1.56. The molecule has 1 saturated heterocycles. The monoisotopic (exact) mass is 340 g/mol. The van der Waals surface area contributed by atoms with Crippen molar-refractivity contribution < 1.29 is 9.59 Å². The van der Waals surface area contributed by atoms with Crippen LogP contribution < -0.4 is 5.32 Å². The number of hydrogen-bond acceptors (Lipinski definition) is 3. The highest BCUT2D eigenvalue weighted by molar-refractivity contribution is 5.84. The molecule has 0 unspecified atom stereocenters. The van der Waals surface area contributed by atoms with Crippen molar-refractivity contribution in [2.45, 2.75) is 38.6 Å². The lowest BCUT2D eigenvalue weighted by Crippen LogP contribution is -2.41. The van der Waals surface area contributed by atoms with E-state index in [0.717, 1.165) is 37.2 Å². The van der Waals surface area contributed by atoms with E-state index in [1.165, 1.54) is 0 Å². The molecule has 25 heavy (non-hydrogen) atoms. The number of nitrogens with one attached hydrogen (secondary N) is 1. The van der Waals surface area contributed by atoms with Gasteiger partial charge in [0.25, 0.3) is 0 Å². The largest absolute Gasteiger partial charge is 0.347 e. The Morgan fingerprint density at radius 1 is 1.12 bits per heavy atom. The van der Waals surface area contributed by atoms with Gasteiger partial charge in [-0.3, -0.25) is 9.59 Å². The minimum atomic E-state index is -0.142. The van der Waals surface area contributed by atoms with Gasteiger partial charge in [0.1, 0.15) is 5.82 Å². The third-order valence-corrected chi connectivity index (χ3v) is 4.45. The number of amides is 2. The van der Waals surface area contributed by atoms with Crippen LogP contribution in [0.15, 0.2) is 42.7 Å². The fourth-order valence-corrected chi connectivity index (χ4v) is 3.08. The SMILES string of the molecule is O=C(CN1CCCCCCC1=O)NCc1nccn1-c1ccccc1. The lowest BCUT2D eigenvalue weighted by Gasteiger charge is -2.24. The van der Waals surface area contributed by atoms with E-state index in [2.05, 4.69) is 10.3 Å². The number of hydrogen-bond donors (Lipinski definition) is 1. The second-order valence-corrected chi connectivity index (χ2v) is 6.31. The van der Waals surface area contributed by atoms with Crippen LogP contribution in [0.1, 0.15) is 37.9 Å². The molecule has 0 bridgehead atoms. The molecule has 0 aliphatic carbocycles. The van der Waals surface area contributed by atoms with Crippen molar-refractivity contribution in [3.63, 3.8) is 0 Å². The Kier molecular flexibility index (Phi) is 5.82. The van der Waals surface area contributed by atoms with E-state index in [1.807, 2.05) is 41.1 Å². The molecule has 1 fully saturated rings. The minimum absolute atomic E-state index is 0.0839. The lowest BCUT2D eigenvalue weighted by molar-refractivity contribution is -0.136. The summed E-state index contributed by atoms with van der Waals surface area (Å²) in [4.78, 5) is 30.4. The van der Waals surface area contributed by atoms with Crippen molar-refractivity contribution in [1.29, 1.82) is 0 Å². The molecule has 2 heterocycles. The Morgan fingerprint density at radius 2 is 1.92 bits per heavy atom. The molecule has 1 aliphatic heterocycles. The first kappa shape index (κ1) is 17.2. The number of rotatable bonds is 5. The van der Waals surface area contributed by atoms with Gasteiger partial charge in [-0.1, -0.05) is 31.0 Å². The van der Waals surface area contributed by atoms with Crippen molar-refractivity contribution in [2.24, 2.45) is 0 Å². The van der Waals surface area contributed by atoms with Crippen LogP contribution in [-0.2, 0) is 16.1 Å². The summed E-state index contributed by atoms with van der Waals surface area (Å²) in [6.07, 6.45) is 8.26.